The third-order valence-electron chi connectivity index (χ3n) is 3.46. The van der Waals surface area contributed by atoms with Crippen LogP contribution in [0.25, 0.3) is 0 Å². The van der Waals surface area contributed by atoms with Crippen LogP contribution in [0.4, 0.5) is 15.8 Å². The van der Waals surface area contributed by atoms with Crippen LogP contribution < -0.4 is 10.3 Å². The SMILES string of the molecule is CNc1ccc(Cl)cc1/C(C)=N\N(c1cccc(F)c1)C(C)C. The third-order valence-corrected chi connectivity index (χ3v) is 3.70. The number of hydrogen-bond donors (Lipinski definition) is 1. The van der Waals surface area contributed by atoms with Gasteiger partial charge in [0.2, 0.25) is 0 Å². The Morgan fingerprint density at radius 1 is 1.22 bits per heavy atom. The van der Waals surface area contributed by atoms with Crippen LogP contribution in [0.5, 0.6) is 0 Å². The molecule has 0 fully saturated rings. The first-order valence-electron chi connectivity index (χ1n) is 7.50. The smallest absolute Gasteiger partial charge is 0.125 e. The van der Waals surface area contributed by atoms with E-state index < -0.39 is 0 Å². The molecule has 0 aliphatic rings. The first-order chi connectivity index (χ1) is 10.9. The maximum atomic E-state index is 13.5. The molecule has 0 saturated heterocycles. The molecule has 0 aromatic heterocycles. The molecular formula is C18H21ClFN3. The summed E-state index contributed by atoms with van der Waals surface area (Å²) in [5.74, 6) is -0.278. The summed E-state index contributed by atoms with van der Waals surface area (Å²) in [6.07, 6.45) is 0. The van der Waals surface area contributed by atoms with Crippen LogP contribution in [0.3, 0.4) is 0 Å². The first kappa shape index (κ1) is 17.3. The van der Waals surface area contributed by atoms with Gasteiger partial charge in [-0.3, -0.25) is 5.01 Å². The summed E-state index contributed by atoms with van der Waals surface area (Å²) in [6, 6.07) is 12.1. The topological polar surface area (TPSA) is 27.6 Å². The normalized spacial score (nSPS) is 11.7. The summed E-state index contributed by atoms with van der Waals surface area (Å²) < 4.78 is 13.5. The number of nitrogens with zero attached hydrogens (tertiary/aromatic N) is 2. The van der Waals surface area contributed by atoms with Gasteiger partial charge in [0, 0.05) is 29.4 Å². The molecule has 0 unspecified atom stereocenters. The number of rotatable bonds is 5. The van der Waals surface area contributed by atoms with Gasteiger partial charge in [-0.2, -0.15) is 5.10 Å². The molecule has 2 rings (SSSR count). The average molecular weight is 334 g/mol. The fourth-order valence-electron chi connectivity index (χ4n) is 2.34. The molecule has 5 heteroatoms. The zero-order valence-electron chi connectivity index (χ0n) is 13.8. The van der Waals surface area contributed by atoms with Crippen LogP contribution >= 0.6 is 11.6 Å². The van der Waals surface area contributed by atoms with Gasteiger partial charge in [-0.1, -0.05) is 17.7 Å². The highest BCUT2D eigenvalue weighted by Gasteiger charge is 2.13. The Morgan fingerprint density at radius 3 is 2.57 bits per heavy atom. The lowest BCUT2D eigenvalue weighted by Gasteiger charge is -2.25. The molecule has 2 aromatic carbocycles. The van der Waals surface area contributed by atoms with Crippen molar-refractivity contribution in [1.82, 2.24) is 0 Å². The second-order valence-electron chi connectivity index (χ2n) is 5.54. The van der Waals surface area contributed by atoms with E-state index in [-0.39, 0.29) is 11.9 Å². The summed E-state index contributed by atoms with van der Waals surface area (Å²) in [5, 5.41) is 10.3. The molecule has 0 heterocycles. The Bertz CT molecular complexity index is 713. The van der Waals surface area contributed by atoms with Gasteiger partial charge in [0.15, 0.2) is 0 Å². The fraction of sp³-hybridized carbons (Fsp3) is 0.278. The summed E-state index contributed by atoms with van der Waals surface area (Å²) in [7, 11) is 1.85. The quantitative estimate of drug-likeness (QED) is 0.604. The van der Waals surface area contributed by atoms with Crippen molar-refractivity contribution in [3.05, 3.63) is 58.9 Å². The zero-order valence-corrected chi connectivity index (χ0v) is 14.5. The molecule has 1 N–H and O–H groups in total. The fourth-order valence-corrected chi connectivity index (χ4v) is 2.51. The summed E-state index contributed by atoms with van der Waals surface area (Å²) in [5.41, 5.74) is 3.38. The lowest BCUT2D eigenvalue weighted by atomic mass is 10.1. The molecule has 0 radical (unpaired) electrons. The second-order valence-corrected chi connectivity index (χ2v) is 5.98. The summed E-state index contributed by atoms with van der Waals surface area (Å²) >= 11 is 6.11. The monoisotopic (exact) mass is 333 g/mol. The van der Waals surface area contributed by atoms with Crippen LogP contribution in [-0.2, 0) is 0 Å². The van der Waals surface area contributed by atoms with Crippen molar-refractivity contribution in [3.8, 4) is 0 Å². The predicted molar refractivity (Wildman–Crippen MR) is 97.2 cm³/mol. The Morgan fingerprint density at radius 2 is 1.96 bits per heavy atom. The highest BCUT2D eigenvalue weighted by molar-refractivity contribution is 6.31. The van der Waals surface area contributed by atoms with Crippen LogP contribution in [0.2, 0.25) is 5.02 Å². The number of nitrogens with one attached hydrogen (secondary N) is 1. The van der Waals surface area contributed by atoms with E-state index in [0.717, 1.165) is 17.0 Å². The van der Waals surface area contributed by atoms with Crippen molar-refractivity contribution in [3.63, 3.8) is 0 Å². The van der Waals surface area contributed by atoms with E-state index in [1.807, 2.05) is 52.1 Å². The van der Waals surface area contributed by atoms with Crippen molar-refractivity contribution >= 4 is 28.7 Å². The minimum Gasteiger partial charge on any atom is -0.388 e. The van der Waals surface area contributed by atoms with Crippen LogP contribution in [0, 0.1) is 5.82 Å². The van der Waals surface area contributed by atoms with Gasteiger partial charge in [-0.05, 0) is 57.2 Å². The predicted octanol–water partition coefficient (Wildman–Crippen LogP) is 5.16. The molecule has 0 saturated carbocycles. The van der Waals surface area contributed by atoms with Crippen LogP contribution in [-0.4, -0.2) is 18.8 Å². The Hall–Kier alpha value is -2.07. The molecule has 0 spiro atoms. The summed E-state index contributed by atoms with van der Waals surface area (Å²) in [6.45, 7) is 5.94. The van der Waals surface area contributed by atoms with Gasteiger partial charge in [0.05, 0.1) is 11.4 Å². The van der Waals surface area contributed by atoms with E-state index in [1.165, 1.54) is 12.1 Å². The van der Waals surface area contributed by atoms with Gasteiger partial charge in [-0.15, -0.1) is 0 Å². The van der Waals surface area contributed by atoms with E-state index in [9.17, 15) is 4.39 Å². The number of benzene rings is 2. The largest absolute Gasteiger partial charge is 0.388 e. The number of hydrazone groups is 1. The van der Waals surface area contributed by atoms with Crippen molar-refractivity contribution in [1.29, 1.82) is 0 Å². The maximum absolute atomic E-state index is 13.5. The van der Waals surface area contributed by atoms with Crippen molar-refractivity contribution in [2.45, 2.75) is 26.8 Å². The molecule has 3 nitrogen and oxygen atoms in total. The highest BCUT2D eigenvalue weighted by atomic mass is 35.5. The molecule has 0 aliphatic carbocycles. The van der Waals surface area contributed by atoms with Gasteiger partial charge >= 0.3 is 0 Å². The van der Waals surface area contributed by atoms with Crippen molar-refractivity contribution in [2.75, 3.05) is 17.4 Å². The maximum Gasteiger partial charge on any atom is 0.125 e. The van der Waals surface area contributed by atoms with Gasteiger partial charge in [0.25, 0.3) is 0 Å². The highest BCUT2D eigenvalue weighted by Crippen LogP contribution is 2.24. The molecule has 23 heavy (non-hydrogen) atoms. The number of hydrogen-bond acceptors (Lipinski definition) is 3. The lowest BCUT2D eigenvalue weighted by molar-refractivity contribution is 0.624. The number of halogens is 2. The zero-order chi connectivity index (χ0) is 17.0. The Labute approximate surface area is 141 Å². The van der Waals surface area contributed by atoms with E-state index >= 15 is 0 Å². The molecule has 0 atom stereocenters. The molecule has 0 amide bonds. The van der Waals surface area contributed by atoms with Gasteiger partial charge < -0.3 is 5.32 Å². The second kappa shape index (κ2) is 7.47. The third kappa shape index (κ3) is 4.23. The van der Waals surface area contributed by atoms with E-state index in [1.54, 1.807) is 11.1 Å². The molecule has 2 aromatic rings. The molecular weight excluding hydrogens is 313 g/mol. The Balaban J connectivity index is 2.46. The molecule has 0 bridgehead atoms. The average Bonchev–Trinajstić information content (AvgIpc) is 2.52. The molecule has 0 aliphatic heterocycles. The van der Waals surface area contributed by atoms with E-state index in [2.05, 4.69) is 5.32 Å². The van der Waals surface area contributed by atoms with E-state index in [0.29, 0.717) is 10.7 Å². The summed E-state index contributed by atoms with van der Waals surface area (Å²) in [4.78, 5) is 0. The van der Waals surface area contributed by atoms with E-state index in [4.69, 9.17) is 16.7 Å². The van der Waals surface area contributed by atoms with Crippen molar-refractivity contribution in [2.24, 2.45) is 5.10 Å². The first-order valence-corrected chi connectivity index (χ1v) is 7.88. The van der Waals surface area contributed by atoms with Crippen LogP contribution in [0.1, 0.15) is 26.3 Å². The standard InChI is InChI=1S/C18H21ClFN3/c1-12(2)23(16-7-5-6-15(20)11-16)22-13(3)17-10-14(19)8-9-18(17)21-4/h5-12,21H,1-4H3/b22-13-. The Kier molecular flexibility index (Phi) is 5.61. The minimum atomic E-state index is -0.278. The molecule has 122 valence electrons. The van der Waals surface area contributed by atoms with Gasteiger partial charge in [-0.25, -0.2) is 4.39 Å². The minimum absolute atomic E-state index is 0.0870. The van der Waals surface area contributed by atoms with Gasteiger partial charge in [0.1, 0.15) is 5.82 Å². The van der Waals surface area contributed by atoms with Crippen LogP contribution in [0.15, 0.2) is 47.6 Å². The number of anilines is 2. The lowest BCUT2D eigenvalue weighted by Crippen LogP contribution is -2.26. The van der Waals surface area contributed by atoms with Crippen molar-refractivity contribution < 1.29 is 4.39 Å².